The molecule has 5 heteroatoms. The van der Waals surface area contributed by atoms with Crippen LogP contribution in [0.15, 0.2) is 60.9 Å². The number of amides is 2. The van der Waals surface area contributed by atoms with E-state index < -0.39 is 17.6 Å². The number of carbonyl (C=O) groups is 2. The standard InChI is InChI=1S/C16H11FN2O2/c17-14-6-2-1-5-13(14)16(21)18-15(20)11-7-9-19-8-3-4-12(19)10-11/h1-10H,(H,18,20,21). The lowest BCUT2D eigenvalue weighted by Gasteiger charge is -2.05. The highest BCUT2D eigenvalue weighted by Gasteiger charge is 2.15. The summed E-state index contributed by atoms with van der Waals surface area (Å²) in [4.78, 5) is 23.9. The van der Waals surface area contributed by atoms with Crippen molar-refractivity contribution in [3.8, 4) is 0 Å². The van der Waals surface area contributed by atoms with Gasteiger partial charge in [0.05, 0.1) is 5.56 Å². The van der Waals surface area contributed by atoms with Gasteiger partial charge in [0.25, 0.3) is 11.8 Å². The van der Waals surface area contributed by atoms with Crippen molar-refractivity contribution in [2.75, 3.05) is 0 Å². The number of nitrogens with one attached hydrogen (secondary N) is 1. The fourth-order valence-corrected chi connectivity index (χ4v) is 2.06. The molecule has 1 N–H and O–H groups in total. The highest BCUT2D eigenvalue weighted by Crippen LogP contribution is 2.10. The van der Waals surface area contributed by atoms with Gasteiger partial charge in [-0.3, -0.25) is 14.9 Å². The van der Waals surface area contributed by atoms with Gasteiger partial charge in [-0.1, -0.05) is 12.1 Å². The highest BCUT2D eigenvalue weighted by molar-refractivity contribution is 6.10. The van der Waals surface area contributed by atoms with Gasteiger partial charge in [-0.2, -0.15) is 0 Å². The van der Waals surface area contributed by atoms with Gasteiger partial charge < -0.3 is 4.40 Å². The highest BCUT2D eigenvalue weighted by atomic mass is 19.1. The Kier molecular flexibility index (Phi) is 3.23. The number of fused-ring (bicyclic) bond motifs is 1. The molecule has 0 radical (unpaired) electrons. The van der Waals surface area contributed by atoms with Crippen LogP contribution < -0.4 is 5.32 Å². The number of halogens is 1. The number of nitrogens with zero attached hydrogens (tertiary/aromatic N) is 1. The Morgan fingerprint density at radius 3 is 2.57 bits per heavy atom. The Morgan fingerprint density at radius 2 is 1.76 bits per heavy atom. The van der Waals surface area contributed by atoms with Gasteiger partial charge in [-0.05, 0) is 36.4 Å². The number of benzene rings is 1. The first-order chi connectivity index (χ1) is 10.1. The summed E-state index contributed by atoms with van der Waals surface area (Å²) >= 11 is 0. The summed E-state index contributed by atoms with van der Waals surface area (Å²) in [6.45, 7) is 0. The van der Waals surface area contributed by atoms with E-state index in [2.05, 4.69) is 5.32 Å². The van der Waals surface area contributed by atoms with Crippen LogP contribution in [-0.2, 0) is 0 Å². The maximum absolute atomic E-state index is 13.5. The monoisotopic (exact) mass is 282 g/mol. The first-order valence-corrected chi connectivity index (χ1v) is 6.32. The van der Waals surface area contributed by atoms with Gasteiger partial charge in [0.15, 0.2) is 0 Å². The van der Waals surface area contributed by atoms with Crippen molar-refractivity contribution in [3.05, 3.63) is 77.9 Å². The van der Waals surface area contributed by atoms with Crippen molar-refractivity contribution in [3.63, 3.8) is 0 Å². The minimum absolute atomic E-state index is 0.158. The molecule has 0 spiro atoms. The van der Waals surface area contributed by atoms with E-state index in [4.69, 9.17) is 0 Å². The molecule has 0 aliphatic heterocycles. The SMILES string of the molecule is O=C(NC(=O)c1ccccc1F)c1ccn2cccc2c1. The van der Waals surface area contributed by atoms with Crippen molar-refractivity contribution in [1.29, 1.82) is 0 Å². The van der Waals surface area contributed by atoms with Crippen molar-refractivity contribution >= 4 is 17.3 Å². The van der Waals surface area contributed by atoms with Gasteiger partial charge >= 0.3 is 0 Å². The molecule has 0 saturated heterocycles. The fourth-order valence-electron chi connectivity index (χ4n) is 2.06. The summed E-state index contributed by atoms with van der Waals surface area (Å²) in [5.74, 6) is -1.98. The smallest absolute Gasteiger partial charge is 0.261 e. The number of imide groups is 1. The van der Waals surface area contributed by atoms with Crippen LogP contribution in [0.3, 0.4) is 0 Å². The number of hydrogen-bond acceptors (Lipinski definition) is 2. The zero-order valence-corrected chi connectivity index (χ0v) is 10.9. The van der Waals surface area contributed by atoms with E-state index in [0.717, 1.165) is 5.52 Å². The number of carbonyl (C=O) groups excluding carboxylic acids is 2. The first-order valence-electron chi connectivity index (χ1n) is 6.32. The molecule has 0 aliphatic rings. The molecular weight excluding hydrogens is 271 g/mol. The molecular formula is C16H11FN2O2. The second-order valence-electron chi connectivity index (χ2n) is 4.52. The molecule has 1 aromatic carbocycles. The molecule has 0 saturated carbocycles. The van der Waals surface area contributed by atoms with Gasteiger partial charge in [-0.25, -0.2) is 4.39 Å². The zero-order chi connectivity index (χ0) is 14.8. The summed E-state index contributed by atoms with van der Waals surface area (Å²) in [7, 11) is 0. The van der Waals surface area contributed by atoms with E-state index >= 15 is 0 Å². The van der Waals surface area contributed by atoms with E-state index in [9.17, 15) is 14.0 Å². The Morgan fingerprint density at radius 1 is 0.952 bits per heavy atom. The van der Waals surface area contributed by atoms with E-state index in [1.165, 1.54) is 24.3 Å². The van der Waals surface area contributed by atoms with Crippen molar-refractivity contribution in [2.24, 2.45) is 0 Å². The molecule has 0 atom stereocenters. The molecule has 0 fully saturated rings. The minimum Gasteiger partial charge on any atom is -0.324 e. The largest absolute Gasteiger partial charge is 0.324 e. The number of hydrogen-bond donors (Lipinski definition) is 1. The van der Waals surface area contributed by atoms with Crippen LogP contribution in [0.5, 0.6) is 0 Å². The quantitative estimate of drug-likeness (QED) is 0.735. The number of rotatable bonds is 2. The van der Waals surface area contributed by atoms with E-state index in [1.807, 2.05) is 22.7 Å². The lowest BCUT2D eigenvalue weighted by atomic mass is 10.2. The van der Waals surface area contributed by atoms with Crippen molar-refractivity contribution < 1.29 is 14.0 Å². The molecule has 2 heterocycles. The average Bonchev–Trinajstić information content (AvgIpc) is 2.94. The summed E-state index contributed by atoms with van der Waals surface area (Å²) in [5.41, 5.74) is 1.02. The maximum Gasteiger partial charge on any atom is 0.261 e. The lowest BCUT2D eigenvalue weighted by Crippen LogP contribution is -2.31. The lowest BCUT2D eigenvalue weighted by molar-refractivity contribution is 0.0847. The predicted molar refractivity (Wildman–Crippen MR) is 75.6 cm³/mol. The molecule has 21 heavy (non-hydrogen) atoms. The Labute approximate surface area is 119 Å². The third-order valence-corrected chi connectivity index (χ3v) is 3.14. The molecule has 2 amide bonds. The maximum atomic E-state index is 13.5. The predicted octanol–water partition coefficient (Wildman–Crippen LogP) is 2.65. The molecule has 0 unspecified atom stereocenters. The summed E-state index contributed by atoms with van der Waals surface area (Å²) in [6.07, 6.45) is 3.57. The molecule has 3 aromatic rings. The summed E-state index contributed by atoms with van der Waals surface area (Å²) in [5, 5.41) is 2.18. The van der Waals surface area contributed by atoms with Crippen molar-refractivity contribution in [2.45, 2.75) is 0 Å². The molecule has 104 valence electrons. The van der Waals surface area contributed by atoms with E-state index in [1.54, 1.807) is 18.3 Å². The van der Waals surface area contributed by atoms with Gasteiger partial charge in [0.1, 0.15) is 5.82 Å². The van der Waals surface area contributed by atoms with Crippen LogP contribution in [0.1, 0.15) is 20.7 Å². The third kappa shape index (κ3) is 2.53. The van der Waals surface area contributed by atoms with Gasteiger partial charge in [-0.15, -0.1) is 0 Å². The summed E-state index contributed by atoms with van der Waals surface area (Å²) in [6, 6.07) is 12.5. The topological polar surface area (TPSA) is 50.6 Å². The normalized spacial score (nSPS) is 10.5. The zero-order valence-electron chi connectivity index (χ0n) is 10.9. The van der Waals surface area contributed by atoms with Crippen LogP contribution in [0.25, 0.3) is 5.52 Å². The Bertz CT molecular complexity index is 839. The Hall–Kier alpha value is -2.95. The minimum atomic E-state index is -0.756. The van der Waals surface area contributed by atoms with Crippen molar-refractivity contribution in [1.82, 2.24) is 9.72 Å². The second kappa shape index (κ2) is 5.20. The molecule has 3 rings (SSSR count). The van der Waals surface area contributed by atoms with Crippen LogP contribution in [0, 0.1) is 5.82 Å². The van der Waals surface area contributed by atoms with Crippen LogP contribution in [-0.4, -0.2) is 16.2 Å². The Balaban J connectivity index is 1.82. The second-order valence-corrected chi connectivity index (χ2v) is 4.52. The van der Waals surface area contributed by atoms with Gasteiger partial charge in [0, 0.05) is 23.5 Å². The van der Waals surface area contributed by atoms with Crippen LogP contribution in [0.4, 0.5) is 4.39 Å². The molecule has 0 aliphatic carbocycles. The van der Waals surface area contributed by atoms with Crippen LogP contribution in [0.2, 0.25) is 0 Å². The molecule has 4 nitrogen and oxygen atoms in total. The summed E-state index contributed by atoms with van der Waals surface area (Å²) < 4.78 is 15.3. The average molecular weight is 282 g/mol. The fraction of sp³-hybridized carbons (Fsp3) is 0. The molecule has 0 bridgehead atoms. The van der Waals surface area contributed by atoms with Gasteiger partial charge in [0.2, 0.25) is 0 Å². The first kappa shape index (κ1) is 13.1. The van der Waals surface area contributed by atoms with E-state index in [0.29, 0.717) is 5.56 Å². The van der Waals surface area contributed by atoms with E-state index in [-0.39, 0.29) is 5.56 Å². The third-order valence-electron chi connectivity index (χ3n) is 3.14. The number of pyridine rings is 1. The molecule has 2 aromatic heterocycles. The number of aromatic nitrogens is 1. The van der Waals surface area contributed by atoms with Crippen LogP contribution >= 0.6 is 0 Å².